The van der Waals surface area contributed by atoms with E-state index in [1.54, 1.807) is 0 Å². The van der Waals surface area contributed by atoms with Crippen LogP contribution in [0.3, 0.4) is 0 Å². The Labute approximate surface area is 101 Å². The van der Waals surface area contributed by atoms with Gasteiger partial charge < -0.3 is 9.64 Å². The first kappa shape index (κ1) is 10.8. The van der Waals surface area contributed by atoms with Crippen molar-refractivity contribution in [3.05, 3.63) is 35.4 Å². The molecule has 2 saturated heterocycles. The van der Waals surface area contributed by atoms with Crippen LogP contribution >= 0.6 is 0 Å². The number of likely N-dealkylation sites (tertiary alicyclic amines) is 1. The minimum atomic E-state index is 0.166. The van der Waals surface area contributed by atoms with E-state index in [-0.39, 0.29) is 5.91 Å². The van der Waals surface area contributed by atoms with Gasteiger partial charge in [0.1, 0.15) is 0 Å². The maximum absolute atomic E-state index is 12.3. The number of carbonyl (C=O) groups is 1. The van der Waals surface area contributed by atoms with Crippen LogP contribution < -0.4 is 0 Å². The third kappa shape index (κ3) is 1.95. The lowest BCUT2D eigenvalue weighted by molar-refractivity contribution is 0.0751. The number of ether oxygens (including phenoxy) is 1. The molecule has 17 heavy (non-hydrogen) atoms. The average molecular weight is 231 g/mol. The van der Waals surface area contributed by atoms with Gasteiger partial charge >= 0.3 is 0 Å². The van der Waals surface area contributed by atoms with Crippen LogP contribution in [0.1, 0.15) is 15.9 Å². The van der Waals surface area contributed by atoms with E-state index in [9.17, 15) is 4.79 Å². The summed E-state index contributed by atoms with van der Waals surface area (Å²) in [6.07, 6.45) is 0. The third-order valence-electron chi connectivity index (χ3n) is 3.83. The van der Waals surface area contributed by atoms with E-state index in [2.05, 4.69) is 0 Å². The van der Waals surface area contributed by atoms with Gasteiger partial charge in [-0.2, -0.15) is 0 Å². The Balaban J connectivity index is 1.73. The summed E-state index contributed by atoms with van der Waals surface area (Å²) in [6, 6.07) is 7.82. The standard InChI is InChI=1S/C14H17NO2/c1-10-2-4-11(5-3-10)14(16)15-6-12-8-17-9-13(12)7-15/h2-5,12-13H,6-9H2,1H3/t12-,13-/m1/s1. The number of carbonyl (C=O) groups excluding carboxylic acids is 1. The fourth-order valence-electron chi connectivity index (χ4n) is 2.73. The maximum atomic E-state index is 12.3. The molecule has 0 spiro atoms. The summed E-state index contributed by atoms with van der Waals surface area (Å²) in [7, 11) is 0. The van der Waals surface area contributed by atoms with Gasteiger partial charge in [-0.15, -0.1) is 0 Å². The smallest absolute Gasteiger partial charge is 0.253 e. The Morgan fingerprint density at radius 1 is 1.18 bits per heavy atom. The van der Waals surface area contributed by atoms with E-state index >= 15 is 0 Å². The molecular formula is C14H17NO2. The molecule has 2 fully saturated rings. The highest BCUT2D eigenvalue weighted by Crippen LogP contribution is 2.29. The molecule has 0 saturated carbocycles. The Bertz CT molecular complexity index is 414. The quantitative estimate of drug-likeness (QED) is 0.736. The number of benzene rings is 1. The van der Waals surface area contributed by atoms with Gasteiger partial charge in [0, 0.05) is 30.5 Å². The molecule has 3 heteroatoms. The van der Waals surface area contributed by atoms with Crippen molar-refractivity contribution in [3.63, 3.8) is 0 Å². The molecule has 90 valence electrons. The molecule has 1 aromatic rings. The highest BCUT2D eigenvalue weighted by Gasteiger charge is 2.39. The fourth-order valence-corrected chi connectivity index (χ4v) is 2.73. The number of hydrogen-bond acceptors (Lipinski definition) is 2. The number of amides is 1. The minimum Gasteiger partial charge on any atom is -0.381 e. The summed E-state index contributed by atoms with van der Waals surface area (Å²) in [5.41, 5.74) is 1.99. The Morgan fingerprint density at radius 2 is 1.76 bits per heavy atom. The number of nitrogens with zero attached hydrogens (tertiary/aromatic N) is 1. The van der Waals surface area contributed by atoms with Crippen molar-refractivity contribution in [2.75, 3.05) is 26.3 Å². The molecule has 0 aliphatic carbocycles. The van der Waals surface area contributed by atoms with Crippen LogP contribution in [-0.2, 0) is 4.74 Å². The van der Waals surface area contributed by atoms with E-state index < -0.39 is 0 Å². The maximum Gasteiger partial charge on any atom is 0.253 e. The lowest BCUT2D eigenvalue weighted by Crippen LogP contribution is -2.30. The SMILES string of the molecule is Cc1ccc(C(=O)N2C[C@@H]3COC[C@H]3C2)cc1. The number of rotatable bonds is 1. The third-order valence-corrected chi connectivity index (χ3v) is 3.83. The zero-order chi connectivity index (χ0) is 11.8. The van der Waals surface area contributed by atoms with Crippen LogP contribution in [0.25, 0.3) is 0 Å². The number of aryl methyl sites for hydroxylation is 1. The van der Waals surface area contributed by atoms with E-state index in [1.165, 1.54) is 5.56 Å². The van der Waals surface area contributed by atoms with Crippen LogP contribution in [0, 0.1) is 18.8 Å². The molecule has 0 aromatic heterocycles. The predicted molar refractivity (Wildman–Crippen MR) is 64.9 cm³/mol. The van der Waals surface area contributed by atoms with Crippen molar-refractivity contribution in [3.8, 4) is 0 Å². The average Bonchev–Trinajstić information content (AvgIpc) is 2.89. The van der Waals surface area contributed by atoms with Gasteiger partial charge in [0.15, 0.2) is 0 Å². The molecule has 2 aliphatic heterocycles. The summed E-state index contributed by atoms with van der Waals surface area (Å²) < 4.78 is 5.42. The summed E-state index contributed by atoms with van der Waals surface area (Å²) in [5, 5.41) is 0. The number of hydrogen-bond donors (Lipinski definition) is 0. The van der Waals surface area contributed by atoms with Crippen molar-refractivity contribution in [2.24, 2.45) is 11.8 Å². The Kier molecular flexibility index (Phi) is 2.63. The Hall–Kier alpha value is -1.35. The van der Waals surface area contributed by atoms with Gasteiger partial charge in [-0.05, 0) is 19.1 Å². The van der Waals surface area contributed by atoms with Gasteiger partial charge in [0.25, 0.3) is 5.91 Å². The molecule has 0 N–H and O–H groups in total. The van der Waals surface area contributed by atoms with E-state index in [1.807, 2.05) is 36.1 Å². The molecule has 2 atom stereocenters. The minimum absolute atomic E-state index is 0.166. The molecule has 0 unspecified atom stereocenters. The van der Waals surface area contributed by atoms with Crippen LogP contribution in [0.4, 0.5) is 0 Å². The fraction of sp³-hybridized carbons (Fsp3) is 0.500. The molecule has 2 heterocycles. The van der Waals surface area contributed by atoms with Crippen molar-refractivity contribution in [2.45, 2.75) is 6.92 Å². The molecule has 0 bridgehead atoms. The lowest BCUT2D eigenvalue weighted by atomic mass is 10.0. The van der Waals surface area contributed by atoms with Crippen molar-refractivity contribution in [1.82, 2.24) is 4.90 Å². The molecule has 0 radical (unpaired) electrons. The summed E-state index contributed by atoms with van der Waals surface area (Å²) >= 11 is 0. The first-order valence-electron chi connectivity index (χ1n) is 6.18. The molecule has 2 aliphatic rings. The van der Waals surface area contributed by atoms with Crippen molar-refractivity contribution < 1.29 is 9.53 Å². The largest absolute Gasteiger partial charge is 0.381 e. The molecule has 3 nitrogen and oxygen atoms in total. The van der Waals surface area contributed by atoms with E-state index in [0.29, 0.717) is 11.8 Å². The second-order valence-corrected chi connectivity index (χ2v) is 5.13. The number of fused-ring (bicyclic) bond motifs is 1. The highest BCUT2D eigenvalue weighted by molar-refractivity contribution is 5.94. The zero-order valence-electron chi connectivity index (χ0n) is 10.1. The summed E-state index contributed by atoms with van der Waals surface area (Å²) in [4.78, 5) is 14.2. The van der Waals surface area contributed by atoms with Crippen molar-refractivity contribution >= 4 is 5.91 Å². The topological polar surface area (TPSA) is 29.5 Å². The van der Waals surface area contributed by atoms with Crippen LogP contribution in [0.2, 0.25) is 0 Å². The normalized spacial score (nSPS) is 27.2. The van der Waals surface area contributed by atoms with Crippen LogP contribution in [0.15, 0.2) is 24.3 Å². The molecule has 1 amide bonds. The highest BCUT2D eigenvalue weighted by atomic mass is 16.5. The monoisotopic (exact) mass is 231 g/mol. The predicted octanol–water partition coefficient (Wildman–Crippen LogP) is 1.71. The summed E-state index contributed by atoms with van der Waals surface area (Å²) in [5.74, 6) is 1.29. The first-order valence-corrected chi connectivity index (χ1v) is 6.18. The van der Waals surface area contributed by atoms with Crippen LogP contribution in [0.5, 0.6) is 0 Å². The van der Waals surface area contributed by atoms with Crippen LogP contribution in [-0.4, -0.2) is 37.1 Å². The zero-order valence-corrected chi connectivity index (χ0v) is 10.1. The molecule has 3 rings (SSSR count). The van der Waals surface area contributed by atoms with Gasteiger partial charge in [-0.1, -0.05) is 17.7 Å². The van der Waals surface area contributed by atoms with E-state index in [0.717, 1.165) is 31.9 Å². The van der Waals surface area contributed by atoms with Gasteiger partial charge in [-0.25, -0.2) is 0 Å². The van der Waals surface area contributed by atoms with Crippen molar-refractivity contribution in [1.29, 1.82) is 0 Å². The second-order valence-electron chi connectivity index (χ2n) is 5.13. The Morgan fingerprint density at radius 3 is 2.35 bits per heavy atom. The lowest BCUT2D eigenvalue weighted by Gasteiger charge is -2.17. The first-order chi connectivity index (χ1) is 8.24. The second kappa shape index (κ2) is 4.15. The van der Waals surface area contributed by atoms with Gasteiger partial charge in [-0.3, -0.25) is 4.79 Å². The summed E-state index contributed by atoms with van der Waals surface area (Å²) in [6.45, 7) is 5.39. The van der Waals surface area contributed by atoms with Gasteiger partial charge in [0.05, 0.1) is 13.2 Å². The molecular weight excluding hydrogens is 214 g/mol. The van der Waals surface area contributed by atoms with E-state index in [4.69, 9.17) is 4.74 Å². The molecule has 1 aromatic carbocycles. The van der Waals surface area contributed by atoms with Gasteiger partial charge in [0.2, 0.25) is 0 Å².